The van der Waals surface area contributed by atoms with Crippen LogP contribution in [0.25, 0.3) is 10.8 Å². The Bertz CT molecular complexity index is 1470. The number of carbonyl (C=O) groups excluding carboxylic acids is 1. The van der Waals surface area contributed by atoms with Crippen LogP contribution in [0.15, 0.2) is 83.6 Å². The lowest BCUT2D eigenvalue weighted by Crippen LogP contribution is -2.21. The molecule has 1 atom stereocenters. The van der Waals surface area contributed by atoms with Crippen molar-refractivity contribution in [3.05, 3.63) is 99.6 Å². The van der Waals surface area contributed by atoms with Crippen LogP contribution in [0.4, 0.5) is 0 Å². The zero-order valence-corrected chi connectivity index (χ0v) is 19.1. The molecule has 0 radical (unpaired) electrons. The van der Waals surface area contributed by atoms with E-state index in [2.05, 4.69) is 6.07 Å². The van der Waals surface area contributed by atoms with E-state index in [-0.39, 0.29) is 5.88 Å². The molecular weight excluding hydrogens is 448 g/mol. The number of hydrogen-bond acceptors (Lipinski definition) is 7. The fraction of sp³-hybridized carbons (Fsp3) is 0.111. The molecule has 0 saturated heterocycles. The summed E-state index contributed by atoms with van der Waals surface area (Å²) in [5, 5.41) is 13.7. The molecule has 4 aromatic rings. The Kier molecular flexibility index (Phi) is 5.66. The molecule has 0 bridgehead atoms. The van der Waals surface area contributed by atoms with Gasteiger partial charge in [-0.25, -0.2) is 4.79 Å². The number of nitrogens with two attached hydrogens (primary N) is 1. The van der Waals surface area contributed by atoms with Gasteiger partial charge in [-0.2, -0.15) is 5.26 Å². The minimum absolute atomic E-state index is 0.0718. The van der Waals surface area contributed by atoms with Gasteiger partial charge in [0.05, 0.1) is 12.5 Å². The van der Waals surface area contributed by atoms with Gasteiger partial charge in [0, 0.05) is 10.9 Å². The van der Waals surface area contributed by atoms with Crippen LogP contribution in [0.1, 0.15) is 33.6 Å². The van der Waals surface area contributed by atoms with Crippen LogP contribution in [-0.4, -0.2) is 12.6 Å². The largest absolute Gasteiger partial charge is 0.490 e. The van der Waals surface area contributed by atoms with Gasteiger partial charge in [0.2, 0.25) is 5.88 Å². The van der Waals surface area contributed by atoms with Gasteiger partial charge < -0.3 is 19.9 Å². The average molecular weight is 469 g/mol. The zero-order chi connectivity index (χ0) is 23.7. The van der Waals surface area contributed by atoms with Crippen molar-refractivity contribution in [2.45, 2.75) is 12.8 Å². The molecule has 2 N–H and O–H groups in total. The summed E-state index contributed by atoms with van der Waals surface area (Å²) in [6.07, 6.45) is 0. The van der Waals surface area contributed by atoms with Crippen molar-refractivity contribution < 1.29 is 19.0 Å². The van der Waals surface area contributed by atoms with Crippen LogP contribution in [0, 0.1) is 11.3 Å². The fourth-order valence-electron chi connectivity index (χ4n) is 4.13. The summed E-state index contributed by atoms with van der Waals surface area (Å²) in [5.41, 5.74) is 8.12. The molecule has 6 nitrogen and oxygen atoms in total. The molecule has 5 rings (SSSR count). The van der Waals surface area contributed by atoms with E-state index < -0.39 is 11.9 Å². The molecule has 34 heavy (non-hydrogen) atoms. The molecule has 0 amide bonds. The first-order chi connectivity index (χ1) is 16.6. The lowest BCUT2D eigenvalue weighted by atomic mass is 9.82. The number of ether oxygens (including phenoxy) is 3. The molecule has 7 heteroatoms. The Morgan fingerprint density at radius 3 is 2.74 bits per heavy atom. The second-order valence-corrected chi connectivity index (χ2v) is 8.58. The molecule has 168 valence electrons. The number of nitrogens with zero attached hydrogens (tertiary/aromatic N) is 1. The molecule has 1 aromatic heterocycles. The number of rotatable bonds is 5. The molecule has 0 aliphatic carbocycles. The smallest absolute Gasteiger partial charge is 0.353 e. The van der Waals surface area contributed by atoms with Gasteiger partial charge in [0.15, 0.2) is 11.5 Å². The lowest BCUT2D eigenvalue weighted by molar-refractivity contribution is 0.0733. The third-order valence-corrected chi connectivity index (χ3v) is 6.48. The highest BCUT2D eigenvalue weighted by Gasteiger charge is 2.32. The van der Waals surface area contributed by atoms with E-state index in [1.165, 1.54) is 11.3 Å². The van der Waals surface area contributed by atoms with Crippen LogP contribution in [0.3, 0.4) is 0 Å². The molecule has 0 spiro atoms. The van der Waals surface area contributed by atoms with E-state index in [0.717, 1.165) is 21.9 Å². The molecule has 1 aliphatic rings. The first-order valence-electron chi connectivity index (χ1n) is 10.7. The number of esters is 1. The maximum atomic E-state index is 12.5. The summed E-state index contributed by atoms with van der Waals surface area (Å²) < 4.78 is 17.3. The fourth-order valence-corrected chi connectivity index (χ4v) is 4.73. The highest BCUT2D eigenvalue weighted by atomic mass is 32.1. The normalized spacial score (nSPS) is 14.8. The minimum atomic E-state index is -0.459. The number of thiophene rings is 1. The van der Waals surface area contributed by atoms with Crippen LogP contribution >= 0.6 is 11.3 Å². The number of allylic oxidation sites excluding steroid dienone is 1. The van der Waals surface area contributed by atoms with Crippen LogP contribution in [-0.2, 0) is 0 Å². The monoisotopic (exact) mass is 468 g/mol. The van der Waals surface area contributed by atoms with Crippen molar-refractivity contribution in [2.75, 3.05) is 6.61 Å². The minimum Gasteiger partial charge on any atom is -0.490 e. The number of benzene rings is 3. The van der Waals surface area contributed by atoms with Crippen LogP contribution in [0.5, 0.6) is 17.2 Å². The SMILES string of the molecule is CCOc1cc(C2C(C#N)=C(N)Oc3c2ccc2ccccc32)ccc1OC(=O)c1cccs1. The summed E-state index contributed by atoms with van der Waals surface area (Å²) >= 11 is 1.31. The highest BCUT2D eigenvalue weighted by Crippen LogP contribution is 2.46. The topological polar surface area (TPSA) is 94.6 Å². The molecule has 0 fully saturated rings. The summed E-state index contributed by atoms with van der Waals surface area (Å²) in [6, 6.07) is 22.8. The van der Waals surface area contributed by atoms with Crippen molar-refractivity contribution in [3.8, 4) is 23.3 Å². The van der Waals surface area contributed by atoms with E-state index in [4.69, 9.17) is 19.9 Å². The molecule has 2 heterocycles. The van der Waals surface area contributed by atoms with E-state index in [1.807, 2.05) is 54.8 Å². The quantitative estimate of drug-likeness (QED) is 0.297. The molecular formula is C27H20N2O4S. The summed E-state index contributed by atoms with van der Waals surface area (Å²) in [7, 11) is 0. The third-order valence-electron chi connectivity index (χ3n) is 5.63. The Hall–Kier alpha value is -4.28. The van der Waals surface area contributed by atoms with Gasteiger partial charge in [-0.15, -0.1) is 11.3 Å². The van der Waals surface area contributed by atoms with Gasteiger partial charge in [0.1, 0.15) is 22.3 Å². The summed E-state index contributed by atoms with van der Waals surface area (Å²) in [5.74, 6) is 0.515. The Labute approximate surface area is 200 Å². The van der Waals surface area contributed by atoms with Crippen molar-refractivity contribution in [2.24, 2.45) is 5.73 Å². The Balaban J connectivity index is 1.61. The Morgan fingerprint density at radius 1 is 1.12 bits per heavy atom. The van der Waals surface area contributed by atoms with Crippen molar-refractivity contribution in [1.29, 1.82) is 5.26 Å². The average Bonchev–Trinajstić information content (AvgIpc) is 3.40. The van der Waals surface area contributed by atoms with E-state index in [1.54, 1.807) is 24.3 Å². The van der Waals surface area contributed by atoms with Crippen LogP contribution < -0.4 is 19.9 Å². The summed E-state index contributed by atoms with van der Waals surface area (Å²) in [6.45, 7) is 2.23. The van der Waals surface area contributed by atoms with Gasteiger partial charge in [0.25, 0.3) is 0 Å². The molecule has 0 saturated carbocycles. The maximum absolute atomic E-state index is 12.5. The second-order valence-electron chi connectivity index (χ2n) is 7.64. The first-order valence-corrected chi connectivity index (χ1v) is 11.6. The maximum Gasteiger partial charge on any atom is 0.353 e. The number of nitriles is 1. The van der Waals surface area contributed by atoms with Gasteiger partial charge >= 0.3 is 5.97 Å². The lowest BCUT2D eigenvalue weighted by Gasteiger charge is -2.28. The second kappa shape index (κ2) is 8.93. The molecule has 1 aliphatic heterocycles. The van der Waals surface area contributed by atoms with E-state index in [9.17, 15) is 10.1 Å². The number of fused-ring (bicyclic) bond motifs is 3. The first kappa shape index (κ1) is 21.6. The third kappa shape index (κ3) is 3.74. The van der Waals surface area contributed by atoms with Gasteiger partial charge in [-0.3, -0.25) is 0 Å². The Morgan fingerprint density at radius 2 is 1.97 bits per heavy atom. The van der Waals surface area contributed by atoms with Crippen molar-refractivity contribution >= 4 is 28.1 Å². The molecule has 3 aromatic carbocycles. The summed E-state index contributed by atoms with van der Waals surface area (Å²) in [4.78, 5) is 13.0. The van der Waals surface area contributed by atoms with E-state index in [0.29, 0.717) is 34.3 Å². The van der Waals surface area contributed by atoms with Gasteiger partial charge in [-0.1, -0.05) is 48.5 Å². The predicted octanol–water partition coefficient (Wildman–Crippen LogP) is 5.74. The van der Waals surface area contributed by atoms with Crippen molar-refractivity contribution in [1.82, 2.24) is 0 Å². The van der Waals surface area contributed by atoms with E-state index >= 15 is 0 Å². The van der Waals surface area contributed by atoms with Crippen molar-refractivity contribution in [3.63, 3.8) is 0 Å². The van der Waals surface area contributed by atoms with Gasteiger partial charge in [-0.05, 0) is 41.5 Å². The number of hydrogen-bond donors (Lipinski definition) is 1. The standard InChI is InChI=1S/C27H20N2O4S/c1-2-31-22-14-17(10-12-21(22)32-27(30)23-8-5-13-34-23)24-19-11-9-16-6-3-4-7-18(16)25(19)33-26(29)20(24)15-28/h3-14,24H,2,29H2,1H3. The van der Waals surface area contributed by atoms with Crippen LogP contribution in [0.2, 0.25) is 0 Å². The predicted molar refractivity (Wildman–Crippen MR) is 130 cm³/mol. The zero-order valence-electron chi connectivity index (χ0n) is 18.3. The molecule has 1 unspecified atom stereocenters. The highest BCUT2D eigenvalue weighted by molar-refractivity contribution is 7.12. The number of carbonyl (C=O) groups is 1.